The van der Waals surface area contributed by atoms with Crippen LogP contribution in [0.25, 0.3) is 0 Å². The zero-order chi connectivity index (χ0) is 91.6. The van der Waals surface area contributed by atoms with Crippen molar-refractivity contribution in [1.82, 2.24) is 79.3 Å². The third-order valence-electron chi connectivity index (χ3n) is 18.9. The smallest absolute Gasteiger partial charge is 0.326 e. The van der Waals surface area contributed by atoms with Gasteiger partial charge in [0.1, 0.15) is 72.5 Å². The number of carbonyl (C=O) groups excluding carboxylic acids is 14. The molecule has 0 bridgehead atoms. The van der Waals surface area contributed by atoms with Crippen molar-refractivity contribution in [2.75, 3.05) is 32.8 Å². The molecule has 14 amide bonds. The van der Waals surface area contributed by atoms with Gasteiger partial charge in [0.25, 0.3) is 0 Å². The summed E-state index contributed by atoms with van der Waals surface area (Å²) in [7, 11) is 0. The highest BCUT2D eigenvalue weighted by Gasteiger charge is 2.42. The molecule has 2 aromatic carbocycles. The number of carboxylic acid groups (broad SMARTS) is 5. The summed E-state index contributed by atoms with van der Waals surface area (Å²) in [5.41, 5.74) is 12.0. The second-order valence-electron chi connectivity index (χ2n) is 31.3. The van der Waals surface area contributed by atoms with Crippen molar-refractivity contribution in [1.29, 1.82) is 5.41 Å². The maximum atomic E-state index is 14.8. The van der Waals surface area contributed by atoms with Crippen molar-refractivity contribution in [3.05, 3.63) is 71.8 Å². The average molecular weight is 1720 g/mol. The Kier molecular flexibility index (Phi) is 45.3. The number of carboxylic acids is 5. The van der Waals surface area contributed by atoms with Crippen LogP contribution in [0, 0.1) is 29.1 Å². The number of benzene rings is 2. The fourth-order valence-corrected chi connectivity index (χ4v) is 12.8. The van der Waals surface area contributed by atoms with Crippen molar-refractivity contribution >= 4 is 119 Å². The molecule has 122 heavy (non-hydrogen) atoms. The van der Waals surface area contributed by atoms with Crippen molar-refractivity contribution < 1.29 is 122 Å². The molecule has 676 valence electrons. The number of aliphatic hydroxyl groups excluding tert-OH is 1. The third-order valence-corrected chi connectivity index (χ3v) is 18.9. The van der Waals surface area contributed by atoms with Gasteiger partial charge in [-0.25, -0.2) is 4.79 Å². The summed E-state index contributed by atoms with van der Waals surface area (Å²) >= 11 is 0. The molecule has 0 aliphatic carbocycles. The molecule has 3 rings (SSSR count). The first-order valence-electron chi connectivity index (χ1n) is 40.2. The molecular weight excluding hydrogens is 1600 g/mol. The van der Waals surface area contributed by atoms with Crippen LogP contribution in [-0.4, -0.2) is 265 Å². The van der Waals surface area contributed by atoms with E-state index in [4.69, 9.17) is 22.0 Å². The number of nitrogens with zero attached hydrogens (tertiary/aromatic N) is 1. The number of hydrogen-bond acceptors (Lipinski definition) is 22. The molecule has 1 aliphatic rings. The first kappa shape index (κ1) is 104. The quantitative estimate of drug-likeness (QED) is 0.0170. The Morgan fingerprint density at radius 1 is 0.410 bits per heavy atom. The van der Waals surface area contributed by atoms with E-state index in [0.29, 0.717) is 17.5 Å². The average Bonchev–Trinajstić information content (AvgIpc) is 1.62. The van der Waals surface area contributed by atoms with Gasteiger partial charge in [-0.1, -0.05) is 116 Å². The minimum absolute atomic E-state index is 0.00137. The highest BCUT2D eigenvalue weighted by Crippen LogP contribution is 2.22. The Labute approximate surface area is 705 Å². The highest BCUT2D eigenvalue weighted by molar-refractivity contribution is 6.01. The standard InChI is InChI=1S/C79H120N18O25/c1-41(2)31-52(87-61(100)38-84-66(109)47(80)37-65(107)108)71(114)88-48(21-15-29-83-79(81)82)68(111)91-53(32-42(3)4)72(115)89-49(23-26-62(101)102)67(110)85-39-60(99)86-50(24-27-63(103)104)69(112)96-58(40-98)75(118)90-51(25-28-64(105)106)70(113)93-55(35-45-17-11-9-12-18-45)74(117)92-54(33-43(5)6)73(116)94-56(36-46-19-13-10-14-20-46)77(120)97-30-16-22-59(97)76(119)95-57(78(121)122)34-44(7)8/h9-14,17-20,41-44,47-59,98H,15-16,21-40,80H2,1-8H3,(H,84,109)(H,85,110)(H,86,99)(H,87,100)(H,88,114)(H,89,115)(H,90,118)(H,91,111)(H,92,117)(H,93,113)(H,94,116)(H,95,119)(H,96,112)(H,101,102)(H,103,104)(H,105,106)(H,107,108)(H,121,122)(H4,81,82,83)/t47-,48-,49-,50-,51-,52-,53-,54-,55-,56-,57-,58-,59-/m0/s1. The van der Waals surface area contributed by atoms with Gasteiger partial charge >= 0.3 is 29.8 Å². The lowest BCUT2D eigenvalue weighted by molar-refractivity contribution is -0.145. The first-order chi connectivity index (χ1) is 57.4. The largest absolute Gasteiger partial charge is 0.481 e. The first-order valence-corrected chi connectivity index (χ1v) is 40.2. The lowest BCUT2D eigenvalue weighted by Gasteiger charge is -2.31. The van der Waals surface area contributed by atoms with Gasteiger partial charge in [-0.2, -0.15) is 0 Å². The van der Waals surface area contributed by atoms with Crippen LogP contribution >= 0.6 is 0 Å². The summed E-state index contributed by atoms with van der Waals surface area (Å²) in [6.45, 7) is 10.7. The Morgan fingerprint density at radius 3 is 1.17 bits per heavy atom. The summed E-state index contributed by atoms with van der Waals surface area (Å²) in [6.07, 6.45) is -5.42. The van der Waals surface area contributed by atoms with Crippen LogP contribution in [0.15, 0.2) is 60.7 Å². The predicted octanol–water partition coefficient (Wildman–Crippen LogP) is -4.05. The van der Waals surface area contributed by atoms with Crippen LogP contribution < -0.4 is 85.9 Å². The van der Waals surface area contributed by atoms with E-state index < -0.39 is 268 Å². The molecule has 1 fully saturated rings. The van der Waals surface area contributed by atoms with Gasteiger partial charge in [0.15, 0.2) is 5.96 Å². The number of nitrogens with two attached hydrogens (primary N) is 2. The molecular formula is C79H120N18O25. The Morgan fingerprint density at radius 2 is 0.754 bits per heavy atom. The summed E-state index contributed by atoms with van der Waals surface area (Å²) in [4.78, 5) is 257. The predicted molar refractivity (Wildman–Crippen MR) is 435 cm³/mol. The summed E-state index contributed by atoms with van der Waals surface area (Å²) in [5, 5.41) is 100. The lowest BCUT2D eigenvalue weighted by Crippen LogP contribution is -2.61. The zero-order valence-corrected chi connectivity index (χ0v) is 69.7. The molecule has 0 spiro atoms. The molecule has 0 radical (unpaired) electrons. The Bertz CT molecular complexity index is 3950. The van der Waals surface area contributed by atoms with E-state index in [1.165, 1.54) is 4.90 Å². The molecule has 0 saturated carbocycles. The molecule has 43 nitrogen and oxygen atoms in total. The fourth-order valence-electron chi connectivity index (χ4n) is 12.8. The number of likely N-dealkylation sites (tertiary alicyclic amines) is 1. The SMILES string of the molecule is CC(C)C[C@H](NC(=O)[C@@H]1CCCN1C(=O)[C@H](Cc1ccccc1)NC(=O)[C@H](CC(C)C)NC(=O)[C@H](Cc1ccccc1)NC(=O)[C@H](CCC(=O)O)NC(=O)[C@H](CO)NC(=O)[C@H](CCC(=O)O)NC(=O)CNC(=O)[C@H](CCC(=O)O)NC(=O)[C@H](CC(C)C)NC(=O)[C@H](CCCNC(=N)N)NC(=O)[C@H](CC(C)C)NC(=O)CNC(=O)[C@@H](N)CC(=O)O)C(=O)O. The maximum absolute atomic E-state index is 14.8. The monoisotopic (exact) mass is 1720 g/mol. The van der Waals surface area contributed by atoms with Crippen LogP contribution in [0.1, 0.15) is 163 Å². The number of aliphatic hydroxyl groups is 1. The van der Waals surface area contributed by atoms with Crippen LogP contribution in [0.3, 0.4) is 0 Å². The van der Waals surface area contributed by atoms with Crippen molar-refractivity contribution in [2.24, 2.45) is 35.1 Å². The van der Waals surface area contributed by atoms with E-state index in [0.717, 1.165) is 0 Å². The molecule has 0 unspecified atom stereocenters. The van der Waals surface area contributed by atoms with Gasteiger partial charge in [0.2, 0.25) is 82.7 Å². The van der Waals surface area contributed by atoms with E-state index >= 15 is 0 Å². The normalized spacial score (nSPS) is 15.3. The van der Waals surface area contributed by atoms with Crippen LogP contribution in [0.5, 0.6) is 0 Å². The van der Waals surface area contributed by atoms with Gasteiger partial charge in [-0.15, -0.1) is 0 Å². The molecule has 13 atom stereocenters. The van der Waals surface area contributed by atoms with Crippen molar-refractivity contribution in [3.8, 4) is 0 Å². The molecule has 1 aliphatic heterocycles. The molecule has 2 aromatic rings. The van der Waals surface area contributed by atoms with Crippen molar-refractivity contribution in [2.45, 2.75) is 243 Å². The number of nitrogens with one attached hydrogen (secondary N) is 15. The second kappa shape index (κ2) is 53.3. The van der Waals surface area contributed by atoms with E-state index in [9.17, 15) is 117 Å². The zero-order valence-electron chi connectivity index (χ0n) is 69.7. The number of guanidine groups is 1. The van der Waals surface area contributed by atoms with Gasteiger partial charge in [0.05, 0.1) is 32.2 Å². The molecule has 1 saturated heterocycles. The van der Waals surface area contributed by atoms with Gasteiger partial charge in [0, 0.05) is 45.2 Å². The number of amides is 14. The van der Waals surface area contributed by atoms with Gasteiger partial charge < -0.3 is 121 Å². The van der Waals surface area contributed by atoms with Crippen LogP contribution in [0.4, 0.5) is 0 Å². The highest BCUT2D eigenvalue weighted by atomic mass is 16.4. The number of rotatable bonds is 56. The lowest BCUT2D eigenvalue weighted by atomic mass is 9.99. The van der Waals surface area contributed by atoms with Gasteiger partial charge in [-0.3, -0.25) is 91.7 Å². The molecule has 25 N–H and O–H groups in total. The summed E-state index contributed by atoms with van der Waals surface area (Å²) in [5.74, 6) is -23.1. The van der Waals surface area contributed by atoms with E-state index in [1.807, 2.05) is 0 Å². The number of carbonyl (C=O) groups is 19. The molecule has 43 heteroatoms. The Balaban J connectivity index is 1.90. The van der Waals surface area contributed by atoms with Crippen molar-refractivity contribution in [3.63, 3.8) is 0 Å². The fraction of sp³-hybridized carbons (Fsp3) is 0.595. The third kappa shape index (κ3) is 39.6. The Hall–Kier alpha value is -12.4. The topological polar surface area (TPSA) is 693 Å². The van der Waals surface area contributed by atoms with Gasteiger partial charge in [-0.05, 0) is 105 Å². The molecule has 0 aromatic heterocycles. The van der Waals surface area contributed by atoms with Crippen LogP contribution in [-0.2, 0) is 104 Å². The summed E-state index contributed by atoms with van der Waals surface area (Å²) < 4.78 is 0. The minimum atomic E-state index is -2.07. The van der Waals surface area contributed by atoms with Crippen LogP contribution in [0.2, 0.25) is 0 Å². The second-order valence-corrected chi connectivity index (χ2v) is 31.3. The summed E-state index contributed by atoms with van der Waals surface area (Å²) in [6, 6.07) is -3.76. The van der Waals surface area contributed by atoms with E-state index in [1.54, 1.807) is 116 Å². The maximum Gasteiger partial charge on any atom is 0.326 e. The van der Waals surface area contributed by atoms with E-state index in [-0.39, 0.29) is 88.6 Å². The number of hydrogen-bond donors (Lipinski definition) is 23. The number of aliphatic carboxylic acids is 5. The minimum Gasteiger partial charge on any atom is -0.481 e. The molecule has 1 heterocycles. The van der Waals surface area contributed by atoms with E-state index in [2.05, 4.69) is 74.4 Å².